The third-order valence-corrected chi connectivity index (χ3v) is 5.39. The van der Waals surface area contributed by atoms with E-state index in [1.165, 1.54) is 16.5 Å². The molecule has 0 radical (unpaired) electrons. The fraction of sp³-hybridized carbons (Fsp3) is 0.0833. The van der Waals surface area contributed by atoms with Crippen LogP contribution in [0.3, 0.4) is 0 Å². The van der Waals surface area contributed by atoms with Gasteiger partial charge in [-0.25, -0.2) is 5.43 Å². The first-order valence-electron chi connectivity index (χ1n) is 9.29. The molecule has 4 aromatic carbocycles. The van der Waals surface area contributed by atoms with Crippen LogP contribution in [0.2, 0.25) is 0 Å². The third kappa shape index (κ3) is 2.70. The number of hydrogen-bond donors (Lipinski definition) is 2. The van der Waals surface area contributed by atoms with Crippen molar-refractivity contribution in [2.24, 2.45) is 5.10 Å². The largest absolute Gasteiger partial charge is 0.507 e. The Hall–Kier alpha value is -3.66. The Morgan fingerprint density at radius 2 is 1.68 bits per heavy atom. The van der Waals surface area contributed by atoms with Crippen molar-refractivity contribution in [1.82, 2.24) is 5.43 Å². The molecule has 1 aliphatic rings. The number of aromatic hydroxyl groups is 1. The van der Waals surface area contributed by atoms with Gasteiger partial charge in [0.05, 0.1) is 11.8 Å². The Balaban J connectivity index is 1.43. The summed E-state index contributed by atoms with van der Waals surface area (Å²) in [5.41, 5.74) is 6.44. The maximum absolute atomic E-state index is 12.5. The Morgan fingerprint density at radius 3 is 2.50 bits per heavy atom. The highest BCUT2D eigenvalue weighted by molar-refractivity contribution is 6.05. The van der Waals surface area contributed by atoms with E-state index in [0.717, 1.165) is 34.6 Å². The van der Waals surface area contributed by atoms with Crippen LogP contribution in [0.25, 0.3) is 21.5 Å². The molecule has 0 bridgehead atoms. The molecule has 1 amide bonds. The molecule has 28 heavy (non-hydrogen) atoms. The van der Waals surface area contributed by atoms with Crippen LogP contribution in [0.5, 0.6) is 5.75 Å². The van der Waals surface area contributed by atoms with Gasteiger partial charge in [0.1, 0.15) is 5.75 Å². The molecule has 0 atom stereocenters. The van der Waals surface area contributed by atoms with Crippen LogP contribution < -0.4 is 5.43 Å². The van der Waals surface area contributed by atoms with Crippen LogP contribution >= 0.6 is 0 Å². The zero-order valence-corrected chi connectivity index (χ0v) is 15.1. The zero-order valence-electron chi connectivity index (χ0n) is 15.1. The summed E-state index contributed by atoms with van der Waals surface area (Å²) in [6, 6.07) is 21.4. The summed E-state index contributed by atoms with van der Waals surface area (Å²) in [5.74, 6) is -0.498. The number of hydrogen-bond acceptors (Lipinski definition) is 3. The molecule has 0 heterocycles. The minimum atomic E-state index is -0.439. The van der Waals surface area contributed by atoms with E-state index in [4.69, 9.17) is 0 Å². The average molecular weight is 366 g/mol. The van der Waals surface area contributed by atoms with Crippen molar-refractivity contribution >= 4 is 33.7 Å². The van der Waals surface area contributed by atoms with Crippen LogP contribution in [0.1, 0.15) is 27.0 Å². The molecule has 1 aliphatic carbocycles. The molecular formula is C24H18N2O2. The number of aryl methyl sites for hydroxylation is 2. The fourth-order valence-corrected chi connectivity index (χ4v) is 4.01. The minimum Gasteiger partial charge on any atom is -0.507 e. The standard InChI is InChI=1S/C24H18N2O2/c27-22-13-18-5-2-1-4-17(18)12-21(22)24(28)26-25-14-19-11-10-16-9-8-15-6-3-7-20(19)23(15)16/h1-7,10-14,27H,8-9H2,(H,26,28)/b25-14-. The first-order chi connectivity index (χ1) is 13.7. The Kier molecular flexibility index (Phi) is 3.83. The molecule has 0 fully saturated rings. The molecule has 0 aromatic heterocycles. The number of rotatable bonds is 3. The van der Waals surface area contributed by atoms with Gasteiger partial charge in [0, 0.05) is 5.56 Å². The van der Waals surface area contributed by atoms with Gasteiger partial charge in [-0.05, 0) is 57.6 Å². The number of nitrogens with zero attached hydrogens (tertiary/aromatic N) is 1. The molecule has 0 spiro atoms. The summed E-state index contributed by atoms with van der Waals surface area (Å²) in [4.78, 5) is 12.5. The predicted octanol–water partition coefficient (Wildman–Crippen LogP) is 4.56. The SMILES string of the molecule is O=C(N/N=C\c1ccc2c3c(cccc13)CC2)c1cc2ccccc2cc1O. The summed E-state index contributed by atoms with van der Waals surface area (Å²) in [6.07, 6.45) is 3.81. The smallest absolute Gasteiger partial charge is 0.275 e. The topological polar surface area (TPSA) is 61.7 Å². The number of carbonyl (C=O) groups is 1. The number of phenolic OH excluding ortho intramolecular Hbond substituents is 1. The highest BCUT2D eigenvalue weighted by Crippen LogP contribution is 2.32. The van der Waals surface area contributed by atoms with E-state index >= 15 is 0 Å². The van der Waals surface area contributed by atoms with Crippen molar-refractivity contribution in [1.29, 1.82) is 0 Å². The lowest BCUT2D eigenvalue weighted by molar-refractivity contribution is 0.0952. The lowest BCUT2D eigenvalue weighted by Crippen LogP contribution is -2.17. The highest BCUT2D eigenvalue weighted by Gasteiger charge is 2.15. The van der Waals surface area contributed by atoms with Crippen molar-refractivity contribution in [3.8, 4) is 5.75 Å². The van der Waals surface area contributed by atoms with Gasteiger partial charge in [-0.3, -0.25) is 4.79 Å². The van der Waals surface area contributed by atoms with Crippen LogP contribution in [0, 0.1) is 0 Å². The monoisotopic (exact) mass is 366 g/mol. The number of nitrogens with one attached hydrogen (secondary N) is 1. The van der Waals surface area contributed by atoms with Gasteiger partial charge in [-0.15, -0.1) is 0 Å². The molecule has 2 N–H and O–H groups in total. The van der Waals surface area contributed by atoms with Crippen LogP contribution in [-0.4, -0.2) is 17.2 Å². The van der Waals surface area contributed by atoms with Gasteiger partial charge >= 0.3 is 0 Å². The van der Waals surface area contributed by atoms with Gasteiger partial charge < -0.3 is 5.11 Å². The molecule has 4 nitrogen and oxygen atoms in total. The van der Waals surface area contributed by atoms with E-state index in [1.54, 1.807) is 18.3 Å². The normalized spacial score (nSPS) is 12.9. The highest BCUT2D eigenvalue weighted by atomic mass is 16.3. The summed E-state index contributed by atoms with van der Waals surface area (Å²) < 4.78 is 0. The predicted molar refractivity (Wildman–Crippen MR) is 112 cm³/mol. The second-order valence-electron chi connectivity index (χ2n) is 7.07. The first-order valence-corrected chi connectivity index (χ1v) is 9.29. The summed E-state index contributed by atoms with van der Waals surface area (Å²) >= 11 is 0. The van der Waals surface area contributed by atoms with E-state index in [-0.39, 0.29) is 11.3 Å². The van der Waals surface area contributed by atoms with Crippen molar-refractivity contribution in [2.75, 3.05) is 0 Å². The molecule has 0 saturated carbocycles. The van der Waals surface area contributed by atoms with E-state index in [2.05, 4.69) is 34.8 Å². The molecule has 0 unspecified atom stereocenters. The van der Waals surface area contributed by atoms with E-state index < -0.39 is 5.91 Å². The maximum atomic E-state index is 12.5. The third-order valence-electron chi connectivity index (χ3n) is 5.39. The van der Waals surface area contributed by atoms with Crippen molar-refractivity contribution in [2.45, 2.75) is 12.8 Å². The van der Waals surface area contributed by atoms with Crippen molar-refractivity contribution < 1.29 is 9.90 Å². The Bertz CT molecular complexity index is 1260. The van der Waals surface area contributed by atoms with E-state index in [9.17, 15) is 9.90 Å². The molecule has 0 saturated heterocycles. The Morgan fingerprint density at radius 1 is 0.929 bits per heavy atom. The number of phenols is 1. The molecular weight excluding hydrogens is 348 g/mol. The van der Waals surface area contributed by atoms with Crippen molar-refractivity contribution in [3.05, 3.63) is 89.0 Å². The quantitative estimate of drug-likeness (QED) is 0.412. The van der Waals surface area contributed by atoms with Crippen LogP contribution in [0.4, 0.5) is 0 Å². The molecule has 136 valence electrons. The van der Waals surface area contributed by atoms with Gasteiger partial charge in [-0.1, -0.05) is 54.6 Å². The van der Waals surface area contributed by atoms with Gasteiger partial charge in [0.25, 0.3) is 5.91 Å². The second-order valence-corrected chi connectivity index (χ2v) is 7.07. The molecule has 5 rings (SSSR count). The van der Waals surface area contributed by atoms with Gasteiger partial charge in [-0.2, -0.15) is 5.10 Å². The lowest BCUT2D eigenvalue weighted by Gasteiger charge is -2.07. The molecule has 0 aliphatic heterocycles. The molecule has 4 aromatic rings. The fourth-order valence-electron chi connectivity index (χ4n) is 4.01. The van der Waals surface area contributed by atoms with Crippen LogP contribution in [-0.2, 0) is 12.8 Å². The van der Waals surface area contributed by atoms with Crippen LogP contribution in [0.15, 0.2) is 71.8 Å². The maximum Gasteiger partial charge on any atom is 0.275 e. The molecule has 4 heteroatoms. The number of benzene rings is 4. The number of carbonyl (C=O) groups excluding carboxylic acids is 1. The van der Waals surface area contributed by atoms with E-state index in [1.807, 2.05) is 30.3 Å². The minimum absolute atomic E-state index is 0.0586. The van der Waals surface area contributed by atoms with Gasteiger partial charge in [0.2, 0.25) is 0 Å². The zero-order chi connectivity index (χ0) is 19.1. The summed E-state index contributed by atoms with van der Waals surface area (Å²) in [5, 5.41) is 18.6. The van der Waals surface area contributed by atoms with E-state index in [0.29, 0.717) is 0 Å². The summed E-state index contributed by atoms with van der Waals surface area (Å²) in [6.45, 7) is 0. The number of fused-ring (bicyclic) bond motifs is 1. The second kappa shape index (κ2) is 6.50. The number of hydrazone groups is 1. The summed E-state index contributed by atoms with van der Waals surface area (Å²) in [7, 11) is 0. The Labute approximate surface area is 162 Å². The lowest BCUT2D eigenvalue weighted by atomic mass is 10.0. The first kappa shape index (κ1) is 16.5. The van der Waals surface area contributed by atoms with Gasteiger partial charge in [0.15, 0.2) is 0 Å². The average Bonchev–Trinajstić information content (AvgIpc) is 3.14. The van der Waals surface area contributed by atoms with Crippen molar-refractivity contribution in [3.63, 3.8) is 0 Å². The number of amides is 1.